The molecule has 0 unspecified atom stereocenters. The molecule has 8 heteroatoms. The number of aromatic nitrogens is 3. The number of thioether (sulfide) groups is 1. The van der Waals surface area contributed by atoms with Crippen LogP contribution in [0.15, 0.2) is 90.1 Å². The zero-order valence-corrected chi connectivity index (χ0v) is 17.3. The maximum atomic E-state index is 13.1. The van der Waals surface area contributed by atoms with Crippen molar-refractivity contribution in [2.45, 2.75) is 11.7 Å². The zero-order valence-electron chi connectivity index (χ0n) is 16.5. The number of rotatable bonds is 8. The van der Waals surface area contributed by atoms with E-state index in [4.69, 9.17) is 0 Å². The number of hydrogen-bond acceptors (Lipinski definition) is 5. The van der Waals surface area contributed by atoms with Crippen LogP contribution < -0.4 is 10.6 Å². The monoisotopic (exact) mass is 433 g/mol. The van der Waals surface area contributed by atoms with Gasteiger partial charge in [-0.15, -0.1) is 10.2 Å². The Bertz CT molecular complexity index is 1130. The largest absolute Gasteiger partial charge is 0.378 e. The van der Waals surface area contributed by atoms with E-state index in [0.717, 1.165) is 17.1 Å². The molecule has 0 atom stereocenters. The molecule has 0 aliphatic rings. The van der Waals surface area contributed by atoms with Crippen molar-refractivity contribution in [3.05, 3.63) is 96.6 Å². The van der Waals surface area contributed by atoms with Crippen molar-refractivity contribution in [2.75, 3.05) is 16.4 Å². The molecular weight excluding hydrogens is 413 g/mol. The minimum absolute atomic E-state index is 0.121. The number of para-hydroxylation sites is 2. The molecule has 0 bridgehead atoms. The highest BCUT2D eigenvalue weighted by Crippen LogP contribution is 2.23. The molecule has 2 N–H and O–H groups in total. The van der Waals surface area contributed by atoms with Gasteiger partial charge in [-0.05, 0) is 48.5 Å². The SMILES string of the molecule is O=C(CSc1nnc(CNc2ccc(F)cc2)n1-c1ccccc1)Nc1ccccc1. The van der Waals surface area contributed by atoms with Crippen LogP contribution in [0, 0.1) is 5.82 Å². The Morgan fingerprint density at radius 2 is 1.55 bits per heavy atom. The van der Waals surface area contributed by atoms with Gasteiger partial charge in [0.05, 0.1) is 12.3 Å². The molecule has 0 fully saturated rings. The third-order valence-corrected chi connectivity index (χ3v) is 5.33. The second-order valence-corrected chi connectivity index (χ2v) is 7.58. The molecule has 4 aromatic rings. The first kappa shape index (κ1) is 20.6. The predicted molar refractivity (Wildman–Crippen MR) is 121 cm³/mol. The predicted octanol–water partition coefficient (Wildman–Crippen LogP) is 4.75. The van der Waals surface area contributed by atoms with E-state index in [1.165, 1.54) is 23.9 Å². The highest BCUT2D eigenvalue weighted by Gasteiger charge is 2.16. The summed E-state index contributed by atoms with van der Waals surface area (Å²) in [6.45, 7) is 0.393. The summed E-state index contributed by atoms with van der Waals surface area (Å²) in [7, 11) is 0. The Hall–Kier alpha value is -3.65. The fourth-order valence-electron chi connectivity index (χ4n) is 2.94. The summed E-state index contributed by atoms with van der Waals surface area (Å²) in [5, 5.41) is 15.3. The van der Waals surface area contributed by atoms with Crippen molar-refractivity contribution in [1.82, 2.24) is 14.8 Å². The molecule has 1 heterocycles. The standard InChI is InChI=1S/C23H20FN5OS/c24-17-11-13-18(14-12-17)25-15-21-27-28-23(29(21)20-9-5-2-6-10-20)31-16-22(30)26-19-7-3-1-4-8-19/h1-14,25H,15-16H2,(H,26,30). The van der Waals surface area contributed by atoms with Crippen molar-refractivity contribution < 1.29 is 9.18 Å². The smallest absolute Gasteiger partial charge is 0.234 e. The summed E-state index contributed by atoms with van der Waals surface area (Å²) in [5.41, 5.74) is 2.43. The van der Waals surface area contributed by atoms with E-state index < -0.39 is 0 Å². The molecule has 1 amide bonds. The Morgan fingerprint density at radius 3 is 2.26 bits per heavy atom. The molecule has 0 radical (unpaired) electrons. The fraction of sp³-hybridized carbons (Fsp3) is 0.0870. The summed E-state index contributed by atoms with van der Waals surface area (Å²) in [5.74, 6) is 0.474. The number of anilines is 2. The van der Waals surface area contributed by atoms with E-state index in [0.29, 0.717) is 17.5 Å². The van der Waals surface area contributed by atoms with Crippen LogP contribution in [-0.2, 0) is 11.3 Å². The average molecular weight is 434 g/mol. The van der Waals surface area contributed by atoms with Gasteiger partial charge in [0, 0.05) is 17.1 Å². The van der Waals surface area contributed by atoms with Crippen LogP contribution in [0.1, 0.15) is 5.82 Å². The number of benzene rings is 3. The number of carbonyl (C=O) groups excluding carboxylic acids is 1. The van der Waals surface area contributed by atoms with Crippen molar-refractivity contribution in [2.24, 2.45) is 0 Å². The van der Waals surface area contributed by atoms with E-state index in [1.807, 2.05) is 65.2 Å². The summed E-state index contributed by atoms with van der Waals surface area (Å²) < 4.78 is 15.1. The van der Waals surface area contributed by atoms with Crippen LogP contribution in [0.3, 0.4) is 0 Å². The lowest BCUT2D eigenvalue weighted by atomic mass is 10.3. The lowest BCUT2D eigenvalue weighted by Crippen LogP contribution is -2.14. The molecule has 0 spiro atoms. The average Bonchev–Trinajstić information content (AvgIpc) is 3.21. The molecule has 0 aliphatic carbocycles. The van der Waals surface area contributed by atoms with Crippen LogP contribution in [0.4, 0.5) is 15.8 Å². The number of halogens is 1. The molecule has 156 valence electrons. The highest BCUT2D eigenvalue weighted by atomic mass is 32.2. The van der Waals surface area contributed by atoms with Gasteiger partial charge in [-0.3, -0.25) is 9.36 Å². The van der Waals surface area contributed by atoms with Crippen LogP contribution in [0.25, 0.3) is 5.69 Å². The number of hydrogen-bond donors (Lipinski definition) is 2. The third kappa shape index (κ3) is 5.49. The van der Waals surface area contributed by atoms with Gasteiger partial charge < -0.3 is 10.6 Å². The van der Waals surface area contributed by atoms with E-state index in [-0.39, 0.29) is 17.5 Å². The summed E-state index contributed by atoms with van der Waals surface area (Å²) in [4.78, 5) is 12.3. The molecule has 1 aromatic heterocycles. The van der Waals surface area contributed by atoms with Gasteiger partial charge >= 0.3 is 0 Å². The second kappa shape index (κ2) is 9.90. The Balaban J connectivity index is 1.49. The van der Waals surface area contributed by atoms with Gasteiger partial charge in [0.1, 0.15) is 5.82 Å². The zero-order chi connectivity index (χ0) is 21.5. The molecule has 31 heavy (non-hydrogen) atoms. The van der Waals surface area contributed by atoms with Gasteiger partial charge in [-0.2, -0.15) is 0 Å². The van der Waals surface area contributed by atoms with Gasteiger partial charge in [0.25, 0.3) is 0 Å². The number of nitrogens with one attached hydrogen (secondary N) is 2. The summed E-state index contributed by atoms with van der Waals surface area (Å²) >= 11 is 1.31. The Kier molecular flexibility index (Phi) is 6.59. The first-order chi connectivity index (χ1) is 15.2. The minimum Gasteiger partial charge on any atom is -0.378 e. The molecule has 6 nitrogen and oxygen atoms in total. The van der Waals surface area contributed by atoms with Crippen molar-refractivity contribution in [3.63, 3.8) is 0 Å². The minimum atomic E-state index is -0.287. The molecular formula is C23H20FN5OS. The van der Waals surface area contributed by atoms with Crippen molar-refractivity contribution >= 4 is 29.0 Å². The van der Waals surface area contributed by atoms with Crippen LogP contribution >= 0.6 is 11.8 Å². The first-order valence-electron chi connectivity index (χ1n) is 9.66. The van der Waals surface area contributed by atoms with E-state index in [1.54, 1.807) is 12.1 Å². The Morgan fingerprint density at radius 1 is 0.871 bits per heavy atom. The van der Waals surface area contributed by atoms with Gasteiger partial charge in [-0.25, -0.2) is 4.39 Å². The van der Waals surface area contributed by atoms with Crippen LogP contribution in [-0.4, -0.2) is 26.4 Å². The van der Waals surface area contributed by atoms with Crippen LogP contribution in [0.2, 0.25) is 0 Å². The lowest BCUT2D eigenvalue weighted by molar-refractivity contribution is -0.113. The molecule has 0 saturated heterocycles. The molecule has 3 aromatic carbocycles. The van der Waals surface area contributed by atoms with Gasteiger partial charge in [0.2, 0.25) is 5.91 Å². The van der Waals surface area contributed by atoms with Gasteiger partial charge in [-0.1, -0.05) is 48.2 Å². The first-order valence-corrected chi connectivity index (χ1v) is 10.6. The summed E-state index contributed by atoms with van der Waals surface area (Å²) in [6, 6.07) is 25.2. The van der Waals surface area contributed by atoms with E-state index >= 15 is 0 Å². The maximum Gasteiger partial charge on any atom is 0.234 e. The van der Waals surface area contributed by atoms with Crippen molar-refractivity contribution in [1.29, 1.82) is 0 Å². The second-order valence-electron chi connectivity index (χ2n) is 6.63. The van der Waals surface area contributed by atoms with Gasteiger partial charge in [0.15, 0.2) is 11.0 Å². The molecule has 4 rings (SSSR count). The number of carbonyl (C=O) groups is 1. The molecule has 0 saturated carbocycles. The summed E-state index contributed by atoms with van der Waals surface area (Å²) in [6.07, 6.45) is 0. The number of amides is 1. The molecule has 0 aliphatic heterocycles. The normalized spacial score (nSPS) is 10.6. The van der Waals surface area contributed by atoms with E-state index in [9.17, 15) is 9.18 Å². The van der Waals surface area contributed by atoms with Crippen LogP contribution in [0.5, 0.6) is 0 Å². The third-order valence-electron chi connectivity index (χ3n) is 4.40. The fourth-order valence-corrected chi connectivity index (χ4v) is 3.71. The quantitative estimate of drug-likeness (QED) is 0.393. The highest BCUT2D eigenvalue weighted by molar-refractivity contribution is 7.99. The van der Waals surface area contributed by atoms with Crippen molar-refractivity contribution in [3.8, 4) is 5.69 Å². The van der Waals surface area contributed by atoms with E-state index in [2.05, 4.69) is 20.8 Å². The number of nitrogens with zero attached hydrogens (tertiary/aromatic N) is 3. The lowest BCUT2D eigenvalue weighted by Gasteiger charge is -2.11. The Labute approximate surface area is 183 Å². The topological polar surface area (TPSA) is 71.8 Å². The maximum absolute atomic E-state index is 13.1.